The molecule has 6 nitrogen and oxygen atoms in total. The van der Waals surface area contributed by atoms with Gasteiger partial charge in [-0.25, -0.2) is 0 Å². The fourth-order valence-corrected chi connectivity index (χ4v) is 1.65. The Morgan fingerprint density at radius 1 is 0.818 bits per heavy atom. The Morgan fingerprint density at radius 3 is 1.00 bits per heavy atom. The summed E-state index contributed by atoms with van der Waals surface area (Å²) in [6.45, 7) is 0. The van der Waals surface area contributed by atoms with Gasteiger partial charge < -0.3 is 0 Å². The molecule has 0 spiro atoms. The van der Waals surface area contributed by atoms with Crippen LogP contribution in [0.5, 0.6) is 0 Å². The number of hydrogen-bond acceptors (Lipinski definition) is 3. The number of carboxylic acid groups (broad SMARTS) is 3. The first-order valence-electron chi connectivity index (χ1n) is 1.95. The summed E-state index contributed by atoms with van der Waals surface area (Å²) >= 11 is -4.13. The molecule has 8 heteroatoms. The Bertz CT molecular complexity index is 155. The molecule has 0 amide bonds. The molecule has 0 atom stereocenters. The van der Waals surface area contributed by atoms with Crippen LogP contribution in [0.1, 0.15) is 0 Å². The van der Waals surface area contributed by atoms with Crippen LogP contribution in [0.4, 0.5) is 14.4 Å². The van der Waals surface area contributed by atoms with E-state index in [1.807, 2.05) is 0 Å². The molecule has 0 aromatic carbocycles. The second-order valence-electron chi connectivity index (χ2n) is 1.18. The van der Waals surface area contributed by atoms with Gasteiger partial charge in [-0.2, -0.15) is 0 Å². The summed E-state index contributed by atoms with van der Waals surface area (Å²) in [5.41, 5.74) is 0. The molecular weight excluding hydrogens is 376 g/mol. The third-order valence-electron chi connectivity index (χ3n) is 0.574. The summed E-state index contributed by atoms with van der Waals surface area (Å²) in [4.78, 5) is 29.7. The molecule has 0 heterocycles. The molecule has 0 rings (SSSR count). The quantitative estimate of drug-likeness (QED) is 0.545. The molecule has 0 aromatic rings. The number of rotatable bonds is 3. The van der Waals surface area contributed by atoms with Crippen molar-refractivity contribution in [2.45, 2.75) is 0 Å². The summed E-state index contributed by atoms with van der Waals surface area (Å²) in [5.74, 6) is 0. The van der Waals surface area contributed by atoms with Crippen LogP contribution in [0.15, 0.2) is 0 Å². The standard InChI is InChI=1S/3CHO2.2Sb.3H/c3*2-1-3;;;;;/h3*(H,2,3);;;;;. The van der Waals surface area contributed by atoms with E-state index in [-0.39, 0.29) is 24.4 Å². The van der Waals surface area contributed by atoms with E-state index in [0.717, 1.165) is 0 Å². The maximum absolute atomic E-state index is 9.90. The number of hydrogen-bond donors (Lipinski definition) is 3. The van der Waals surface area contributed by atoms with Crippen LogP contribution in [0.25, 0.3) is 0 Å². The van der Waals surface area contributed by atoms with Crippen molar-refractivity contribution in [3.8, 4) is 0 Å². The van der Waals surface area contributed by atoms with Crippen LogP contribution < -0.4 is 0 Å². The van der Waals surface area contributed by atoms with Crippen LogP contribution in [-0.2, 0) is 0 Å². The zero-order chi connectivity index (χ0) is 8.31. The summed E-state index contributed by atoms with van der Waals surface area (Å²) in [6, 6.07) is 0. The molecule has 0 aliphatic heterocycles. The van der Waals surface area contributed by atoms with Gasteiger partial charge in [-0.05, 0) is 0 Å². The van der Waals surface area contributed by atoms with Crippen LogP contribution in [0.2, 0.25) is 0 Å². The van der Waals surface area contributed by atoms with Crippen molar-refractivity contribution >= 4 is 56.4 Å². The molecule has 0 radical (unpaired) electrons. The summed E-state index contributed by atoms with van der Waals surface area (Å²) < 4.78 is -5.07. The van der Waals surface area contributed by atoms with Gasteiger partial charge in [-0.1, -0.05) is 0 Å². The molecule has 0 fully saturated rings. The predicted octanol–water partition coefficient (Wildman–Crippen LogP) is -0.924. The van der Waals surface area contributed by atoms with E-state index in [9.17, 15) is 14.4 Å². The van der Waals surface area contributed by atoms with E-state index in [2.05, 4.69) is 0 Å². The molecule has 11 heavy (non-hydrogen) atoms. The van der Waals surface area contributed by atoms with E-state index >= 15 is 0 Å². The minimum absolute atomic E-state index is 0. The van der Waals surface area contributed by atoms with Gasteiger partial charge in [0.1, 0.15) is 0 Å². The van der Waals surface area contributed by atoms with Gasteiger partial charge in [0, 0.05) is 0 Å². The predicted molar refractivity (Wildman–Crippen MR) is 39.8 cm³/mol. The van der Waals surface area contributed by atoms with Gasteiger partial charge in [-0.15, -0.1) is 0 Å². The van der Waals surface area contributed by atoms with Crippen LogP contribution in [-0.4, -0.2) is 71.7 Å². The second-order valence-corrected chi connectivity index (χ2v) is 6.37. The zero-order valence-electron chi connectivity index (χ0n) is 5.22. The molecule has 0 unspecified atom stereocenters. The van der Waals surface area contributed by atoms with E-state index in [0.29, 0.717) is 0 Å². The van der Waals surface area contributed by atoms with Crippen LogP contribution in [0.3, 0.4) is 0 Å². The van der Waals surface area contributed by atoms with Gasteiger partial charge in [-0.3, -0.25) is 0 Å². The Morgan fingerprint density at radius 2 is 1.00 bits per heavy atom. The van der Waals surface area contributed by atoms with E-state index in [1.54, 1.807) is 0 Å². The summed E-state index contributed by atoms with van der Waals surface area (Å²) in [6.07, 6.45) is 0. The topological polar surface area (TPSA) is 112 Å². The average Bonchev–Trinajstić information content (AvgIpc) is 1.59. The normalized spacial score (nSPS) is 8.45. The average molecular weight is 382 g/mol. The number of carbonyl (C=O) groups is 3. The van der Waals surface area contributed by atoms with Gasteiger partial charge in [0.05, 0.1) is 0 Å². The Hall–Kier alpha value is 0.0464. The van der Waals surface area contributed by atoms with Crippen LogP contribution >= 0.6 is 0 Å². The third kappa shape index (κ3) is 4.48. The molecule has 3 N–H and O–H groups in total. The maximum atomic E-state index is 9.90. The summed E-state index contributed by atoms with van der Waals surface area (Å²) in [7, 11) is 0. The first-order valence-corrected chi connectivity index (χ1v) is 5.78. The Kier molecular flexibility index (Phi) is 7.02. The molecule has 0 aromatic heterocycles. The molecule has 64 valence electrons. The van der Waals surface area contributed by atoms with Crippen molar-refractivity contribution in [1.82, 2.24) is 0 Å². The monoisotopic (exact) mass is 380 g/mol. The zero-order valence-corrected chi connectivity index (χ0v) is 11.8. The summed E-state index contributed by atoms with van der Waals surface area (Å²) in [5, 5.41) is 24.1. The Balaban J connectivity index is 0. The van der Waals surface area contributed by atoms with E-state index in [1.165, 1.54) is 0 Å². The fraction of sp³-hybridized carbons (Fsp3) is 0. The second kappa shape index (κ2) is 5.67. The fourth-order valence-electron chi connectivity index (χ4n) is 0.245. The van der Waals surface area contributed by atoms with Crippen LogP contribution in [0, 0.1) is 0 Å². The van der Waals surface area contributed by atoms with Gasteiger partial charge >= 0.3 is 86.1 Å². The van der Waals surface area contributed by atoms with Gasteiger partial charge in [0.15, 0.2) is 0 Å². The van der Waals surface area contributed by atoms with E-state index < -0.39 is 32.0 Å². The molecule has 0 aliphatic carbocycles. The van der Waals surface area contributed by atoms with Crippen molar-refractivity contribution < 1.29 is 29.7 Å². The van der Waals surface area contributed by atoms with Crippen molar-refractivity contribution in [3.63, 3.8) is 0 Å². The van der Waals surface area contributed by atoms with Crippen molar-refractivity contribution in [2.75, 3.05) is 0 Å². The van der Waals surface area contributed by atoms with Gasteiger partial charge in [0.2, 0.25) is 0 Å². The van der Waals surface area contributed by atoms with Crippen molar-refractivity contribution in [2.24, 2.45) is 0 Å². The first-order chi connectivity index (χ1) is 4.46. The minimum atomic E-state index is -4.13. The van der Waals surface area contributed by atoms with Crippen molar-refractivity contribution in [1.29, 1.82) is 0 Å². The molecule has 0 aliphatic rings. The molecule has 0 saturated heterocycles. The third-order valence-corrected chi connectivity index (χ3v) is 3.85. The molecular formula is C3H6O6Sb2. The Labute approximate surface area is 85.6 Å². The van der Waals surface area contributed by atoms with Gasteiger partial charge in [0.25, 0.3) is 0 Å². The SMILES string of the molecule is O=[C](O)[Sb]([C](=O)O)[C](=O)O.[SbH3]. The van der Waals surface area contributed by atoms with Crippen molar-refractivity contribution in [3.05, 3.63) is 0 Å². The molecule has 0 saturated carbocycles. The van der Waals surface area contributed by atoms with E-state index in [4.69, 9.17) is 15.3 Å². The molecule has 0 bridgehead atoms. The first kappa shape index (κ1) is 13.6.